The molecule has 0 aliphatic carbocycles. The smallest absolute Gasteiger partial charge is 0.292 e. The van der Waals surface area contributed by atoms with Gasteiger partial charge in [0, 0.05) is 31.7 Å². The Kier molecular flexibility index (Phi) is 2.73. The van der Waals surface area contributed by atoms with Crippen molar-refractivity contribution < 1.29 is 9.32 Å². The molecule has 0 radical (unpaired) electrons. The number of rotatable bonds is 1. The Balaban J connectivity index is 2.07. The fraction of sp³-hybridized carbons (Fsp3) is 0.600. The number of piperazine rings is 1. The molecule has 1 saturated heterocycles. The number of aryl methyl sites for hydroxylation is 1. The van der Waals surface area contributed by atoms with Gasteiger partial charge in [0.25, 0.3) is 5.91 Å². The van der Waals surface area contributed by atoms with E-state index in [1.54, 1.807) is 17.9 Å². The Morgan fingerprint density at radius 1 is 1.73 bits per heavy atom. The van der Waals surface area contributed by atoms with E-state index in [0.717, 1.165) is 25.3 Å². The summed E-state index contributed by atoms with van der Waals surface area (Å²) < 4.78 is 4.95. The molecule has 5 heteroatoms. The van der Waals surface area contributed by atoms with Gasteiger partial charge in [-0.25, -0.2) is 0 Å². The van der Waals surface area contributed by atoms with E-state index in [4.69, 9.17) is 4.52 Å². The van der Waals surface area contributed by atoms with Crippen LogP contribution in [0.3, 0.4) is 0 Å². The molecule has 1 fully saturated rings. The van der Waals surface area contributed by atoms with Crippen LogP contribution in [0.4, 0.5) is 0 Å². The van der Waals surface area contributed by atoms with E-state index >= 15 is 0 Å². The second kappa shape index (κ2) is 4.02. The first-order valence-corrected chi connectivity index (χ1v) is 5.13. The normalized spacial score (nSPS) is 21.7. The first-order valence-electron chi connectivity index (χ1n) is 5.13. The average Bonchev–Trinajstić information content (AvgIpc) is 2.64. The van der Waals surface area contributed by atoms with Gasteiger partial charge in [-0.15, -0.1) is 0 Å². The van der Waals surface area contributed by atoms with Crippen molar-refractivity contribution in [2.24, 2.45) is 0 Å². The van der Waals surface area contributed by atoms with Gasteiger partial charge in [-0.3, -0.25) is 4.79 Å². The topological polar surface area (TPSA) is 58.4 Å². The maximum absolute atomic E-state index is 11.9. The van der Waals surface area contributed by atoms with Gasteiger partial charge in [0.15, 0.2) is 0 Å². The zero-order valence-corrected chi connectivity index (χ0v) is 8.99. The minimum absolute atomic E-state index is 0.0658. The number of aromatic nitrogens is 1. The van der Waals surface area contributed by atoms with E-state index in [1.807, 2.05) is 0 Å². The maximum Gasteiger partial charge on any atom is 0.292 e. The highest BCUT2D eigenvalue weighted by atomic mass is 16.5. The van der Waals surface area contributed by atoms with Crippen LogP contribution in [0.2, 0.25) is 0 Å². The molecule has 82 valence electrons. The molecular weight excluding hydrogens is 194 g/mol. The highest BCUT2D eigenvalue weighted by Gasteiger charge is 2.24. The van der Waals surface area contributed by atoms with E-state index in [0.29, 0.717) is 11.8 Å². The van der Waals surface area contributed by atoms with Crippen molar-refractivity contribution in [2.45, 2.75) is 19.9 Å². The van der Waals surface area contributed by atoms with E-state index < -0.39 is 0 Å². The van der Waals surface area contributed by atoms with Gasteiger partial charge in [-0.2, -0.15) is 0 Å². The summed E-state index contributed by atoms with van der Waals surface area (Å²) >= 11 is 0. The average molecular weight is 209 g/mol. The van der Waals surface area contributed by atoms with Crippen LogP contribution in [-0.2, 0) is 0 Å². The standard InChI is InChI=1S/C10H15N3O2/c1-7-5-9(15-12-7)10(14)13-4-3-11-8(2)6-13/h5,8,11H,3-4,6H2,1-2H3/t8-/m0/s1. The maximum atomic E-state index is 11.9. The second-order valence-electron chi connectivity index (χ2n) is 3.94. The van der Waals surface area contributed by atoms with Crippen LogP contribution >= 0.6 is 0 Å². The number of carbonyl (C=O) groups excluding carboxylic acids is 1. The molecule has 1 N–H and O–H groups in total. The van der Waals surface area contributed by atoms with Crippen molar-refractivity contribution in [3.8, 4) is 0 Å². The summed E-state index contributed by atoms with van der Waals surface area (Å²) in [6, 6.07) is 2.02. The SMILES string of the molecule is Cc1cc(C(=O)N2CCN[C@@H](C)C2)on1. The van der Waals surface area contributed by atoms with Crippen molar-refractivity contribution in [1.82, 2.24) is 15.4 Å². The molecule has 0 aromatic carbocycles. The lowest BCUT2D eigenvalue weighted by Gasteiger charge is -2.31. The molecule has 1 aliphatic heterocycles. The van der Waals surface area contributed by atoms with Gasteiger partial charge in [-0.05, 0) is 13.8 Å². The third kappa shape index (κ3) is 2.18. The Bertz CT molecular complexity index is 361. The van der Waals surface area contributed by atoms with E-state index in [2.05, 4.69) is 17.4 Å². The molecule has 0 bridgehead atoms. The Morgan fingerprint density at radius 3 is 3.13 bits per heavy atom. The van der Waals surface area contributed by atoms with E-state index in [-0.39, 0.29) is 5.91 Å². The molecule has 0 unspecified atom stereocenters. The lowest BCUT2D eigenvalue weighted by Crippen LogP contribution is -2.51. The molecule has 0 spiro atoms. The molecule has 1 aromatic rings. The van der Waals surface area contributed by atoms with Gasteiger partial charge in [0.1, 0.15) is 0 Å². The van der Waals surface area contributed by atoms with Gasteiger partial charge >= 0.3 is 0 Å². The van der Waals surface area contributed by atoms with Crippen LogP contribution in [0, 0.1) is 6.92 Å². The predicted molar refractivity (Wildman–Crippen MR) is 54.6 cm³/mol. The molecule has 1 aromatic heterocycles. The van der Waals surface area contributed by atoms with Crippen LogP contribution < -0.4 is 5.32 Å². The minimum Gasteiger partial charge on any atom is -0.351 e. The second-order valence-corrected chi connectivity index (χ2v) is 3.94. The monoisotopic (exact) mass is 209 g/mol. The molecule has 2 rings (SSSR count). The number of nitrogens with one attached hydrogen (secondary N) is 1. The van der Waals surface area contributed by atoms with Crippen molar-refractivity contribution in [1.29, 1.82) is 0 Å². The van der Waals surface area contributed by atoms with Crippen molar-refractivity contribution in [3.05, 3.63) is 17.5 Å². The van der Waals surface area contributed by atoms with Crippen LogP contribution in [0.15, 0.2) is 10.6 Å². The van der Waals surface area contributed by atoms with Gasteiger partial charge in [0.2, 0.25) is 5.76 Å². The van der Waals surface area contributed by atoms with Gasteiger partial charge < -0.3 is 14.7 Å². The van der Waals surface area contributed by atoms with Crippen LogP contribution in [0.25, 0.3) is 0 Å². The zero-order valence-electron chi connectivity index (χ0n) is 8.99. The summed E-state index contributed by atoms with van der Waals surface area (Å²) in [7, 11) is 0. The summed E-state index contributed by atoms with van der Waals surface area (Å²) in [6.45, 7) is 6.15. The predicted octanol–water partition coefficient (Wildman–Crippen LogP) is 0.417. The van der Waals surface area contributed by atoms with Crippen molar-refractivity contribution in [3.63, 3.8) is 0 Å². The quantitative estimate of drug-likeness (QED) is 0.728. The van der Waals surface area contributed by atoms with Gasteiger partial charge in [0.05, 0.1) is 5.69 Å². The third-order valence-electron chi connectivity index (χ3n) is 2.49. The molecule has 15 heavy (non-hydrogen) atoms. The number of hydrogen-bond acceptors (Lipinski definition) is 4. The largest absolute Gasteiger partial charge is 0.351 e. The highest BCUT2D eigenvalue weighted by Crippen LogP contribution is 2.08. The Hall–Kier alpha value is -1.36. The van der Waals surface area contributed by atoms with Crippen LogP contribution in [0.1, 0.15) is 23.2 Å². The zero-order chi connectivity index (χ0) is 10.8. The number of carbonyl (C=O) groups is 1. The molecule has 2 heterocycles. The fourth-order valence-electron chi connectivity index (χ4n) is 1.74. The molecular formula is C10H15N3O2. The molecule has 1 amide bonds. The molecule has 1 atom stereocenters. The van der Waals surface area contributed by atoms with Crippen LogP contribution in [-0.4, -0.2) is 41.6 Å². The summed E-state index contributed by atoms with van der Waals surface area (Å²) in [4.78, 5) is 13.7. The Labute approximate surface area is 88.4 Å². The fourth-order valence-corrected chi connectivity index (χ4v) is 1.74. The van der Waals surface area contributed by atoms with Gasteiger partial charge in [-0.1, -0.05) is 5.16 Å². The first kappa shape index (κ1) is 10.2. The number of hydrogen-bond donors (Lipinski definition) is 1. The summed E-state index contributed by atoms with van der Waals surface area (Å²) in [5.74, 6) is 0.269. The number of nitrogens with zero attached hydrogens (tertiary/aromatic N) is 2. The van der Waals surface area contributed by atoms with Crippen LogP contribution in [0.5, 0.6) is 0 Å². The van der Waals surface area contributed by atoms with Crippen molar-refractivity contribution in [2.75, 3.05) is 19.6 Å². The lowest BCUT2D eigenvalue weighted by molar-refractivity contribution is 0.0667. The highest BCUT2D eigenvalue weighted by molar-refractivity contribution is 5.91. The summed E-state index contributed by atoms with van der Waals surface area (Å²) in [5.41, 5.74) is 0.738. The van der Waals surface area contributed by atoms with E-state index in [9.17, 15) is 4.79 Å². The molecule has 0 saturated carbocycles. The first-order chi connectivity index (χ1) is 7.16. The third-order valence-corrected chi connectivity index (χ3v) is 2.49. The van der Waals surface area contributed by atoms with Crippen molar-refractivity contribution >= 4 is 5.91 Å². The number of amides is 1. The summed E-state index contributed by atoms with van der Waals surface area (Å²) in [5, 5.41) is 7.00. The molecule has 1 aliphatic rings. The minimum atomic E-state index is -0.0658. The van der Waals surface area contributed by atoms with E-state index in [1.165, 1.54) is 0 Å². The lowest BCUT2D eigenvalue weighted by atomic mass is 10.2. The molecule has 5 nitrogen and oxygen atoms in total. The summed E-state index contributed by atoms with van der Waals surface area (Å²) in [6.07, 6.45) is 0. The Morgan fingerprint density at radius 2 is 2.53 bits per heavy atom.